The molecule has 0 saturated carbocycles. The van der Waals surface area contributed by atoms with Crippen LogP contribution in [-0.4, -0.2) is 54.5 Å². The van der Waals surface area contributed by atoms with E-state index in [1.54, 1.807) is 0 Å². The van der Waals surface area contributed by atoms with Gasteiger partial charge >= 0.3 is 30.1 Å². The summed E-state index contributed by atoms with van der Waals surface area (Å²) in [5.41, 5.74) is -4.26. The first-order valence-corrected chi connectivity index (χ1v) is 5.64. The second kappa shape index (κ2) is 7.09. The van der Waals surface area contributed by atoms with Crippen LogP contribution in [0.4, 0.5) is 13.2 Å². The summed E-state index contributed by atoms with van der Waals surface area (Å²) in [6, 6.07) is 0. The SMILES string of the molecule is COC(=O)C(CCC(=O)O)C(C(=O)O)(C(=O)OC)C(F)(F)F. The minimum Gasteiger partial charge on any atom is -0.481 e. The molecule has 0 aromatic carbocycles. The van der Waals surface area contributed by atoms with Crippen LogP contribution < -0.4 is 0 Å². The Kier molecular flexibility index (Phi) is 6.34. The molecule has 0 spiro atoms. The molecule has 0 aromatic heterocycles. The minimum absolute atomic E-state index is 0.511. The van der Waals surface area contributed by atoms with Gasteiger partial charge in [0, 0.05) is 6.42 Å². The van der Waals surface area contributed by atoms with E-state index in [2.05, 4.69) is 9.47 Å². The highest BCUT2D eigenvalue weighted by Crippen LogP contribution is 2.48. The van der Waals surface area contributed by atoms with Gasteiger partial charge in [-0.25, -0.2) is 0 Å². The Morgan fingerprint density at radius 1 is 1.05 bits per heavy atom. The molecule has 2 atom stereocenters. The van der Waals surface area contributed by atoms with Crippen molar-refractivity contribution in [2.75, 3.05) is 14.2 Å². The molecule has 0 saturated heterocycles. The van der Waals surface area contributed by atoms with Gasteiger partial charge in [-0.05, 0) is 6.42 Å². The maximum atomic E-state index is 13.3. The van der Waals surface area contributed by atoms with Crippen LogP contribution in [0.15, 0.2) is 0 Å². The van der Waals surface area contributed by atoms with Crippen molar-refractivity contribution in [2.24, 2.45) is 11.3 Å². The van der Waals surface area contributed by atoms with Crippen molar-refractivity contribution >= 4 is 23.9 Å². The van der Waals surface area contributed by atoms with E-state index >= 15 is 0 Å². The number of aliphatic carboxylic acids is 2. The molecule has 2 unspecified atom stereocenters. The summed E-state index contributed by atoms with van der Waals surface area (Å²) in [4.78, 5) is 44.8. The Hall–Kier alpha value is -2.33. The van der Waals surface area contributed by atoms with Crippen molar-refractivity contribution < 1.29 is 52.0 Å². The van der Waals surface area contributed by atoms with Crippen molar-refractivity contribution in [3.05, 3.63) is 0 Å². The molecular weight excluding hydrogens is 317 g/mol. The number of alkyl halides is 3. The fourth-order valence-electron chi connectivity index (χ4n) is 1.90. The zero-order chi connectivity index (χ0) is 17.7. The van der Waals surface area contributed by atoms with E-state index in [9.17, 15) is 32.3 Å². The molecule has 0 aliphatic carbocycles. The monoisotopic (exact) mass is 330 g/mol. The molecule has 0 aromatic rings. The Morgan fingerprint density at radius 2 is 1.55 bits per heavy atom. The van der Waals surface area contributed by atoms with Gasteiger partial charge in [0.25, 0.3) is 5.41 Å². The largest absolute Gasteiger partial charge is 0.481 e. The molecule has 0 radical (unpaired) electrons. The van der Waals surface area contributed by atoms with Gasteiger partial charge in [0.15, 0.2) is 0 Å². The Balaban J connectivity index is 6.26. The lowest BCUT2D eigenvalue weighted by Crippen LogP contribution is -2.59. The molecule has 0 amide bonds. The van der Waals surface area contributed by atoms with E-state index in [-0.39, 0.29) is 0 Å². The fourth-order valence-corrected chi connectivity index (χ4v) is 1.90. The molecule has 8 nitrogen and oxygen atoms in total. The van der Waals surface area contributed by atoms with Gasteiger partial charge < -0.3 is 19.7 Å². The molecule has 0 aliphatic rings. The van der Waals surface area contributed by atoms with Gasteiger partial charge in [-0.15, -0.1) is 0 Å². The number of hydrogen-bond donors (Lipinski definition) is 2. The number of rotatable bonds is 7. The zero-order valence-electron chi connectivity index (χ0n) is 11.5. The average molecular weight is 330 g/mol. The van der Waals surface area contributed by atoms with E-state index in [1.165, 1.54) is 0 Å². The first kappa shape index (κ1) is 19.7. The van der Waals surface area contributed by atoms with E-state index < -0.39 is 54.2 Å². The lowest BCUT2D eigenvalue weighted by Gasteiger charge is -2.34. The van der Waals surface area contributed by atoms with Crippen molar-refractivity contribution in [1.82, 2.24) is 0 Å². The van der Waals surface area contributed by atoms with Gasteiger partial charge in [0.05, 0.1) is 20.1 Å². The molecular formula is C11H13F3O8. The molecule has 0 heterocycles. The second-order valence-electron chi connectivity index (χ2n) is 4.11. The highest BCUT2D eigenvalue weighted by atomic mass is 19.4. The van der Waals surface area contributed by atoms with Crippen LogP contribution in [-0.2, 0) is 28.7 Å². The molecule has 126 valence electrons. The molecule has 0 aliphatic heterocycles. The van der Waals surface area contributed by atoms with Crippen LogP contribution in [0.2, 0.25) is 0 Å². The van der Waals surface area contributed by atoms with Crippen molar-refractivity contribution in [2.45, 2.75) is 19.0 Å². The predicted molar refractivity (Wildman–Crippen MR) is 60.5 cm³/mol. The highest BCUT2D eigenvalue weighted by Gasteiger charge is 2.73. The summed E-state index contributed by atoms with van der Waals surface area (Å²) < 4.78 is 47.9. The van der Waals surface area contributed by atoms with E-state index in [0.29, 0.717) is 14.2 Å². The number of carbonyl (C=O) groups is 4. The maximum Gasteiger partial charge on any atom is 0.416 e. The van der Waals surface area contributed by atoms with Crippen molar-refractivity contribution in [3.63, 3.8) is 0 Å². The zero-order valence-corrected chi connectivity index (χ0v) is 11.5. The first-order valence-electron chi connectivity index (χ1n) is 5.64. The topological polar surface area (TPSA) is 127 Å². The molecule has 22 heavy (non-hydrogen) atoms. The molecule has 2 N–H and O–H groups in total. The van der Waals surface area contributed by atoms with Crippen LogP contribution in [0.3, 0.4) is 0 Å². The predicted octanol–water partition coefficient (Wildman–Crippen LogP) is 0.447. The second-order valence-corrected chi connectivity index (χ2v) is 4.11. The molecule has 0 fully saturated rings. The number of carboxylic acids is 2. The van der Waals surface area contributed by atoms with E-state index in [0.717, 1.165) is 0 Å². The molecule has 0 rings (SSSR count). The normalized spacial score (nSPS) is 15.3. The van der Waals surface area contributed by atoms with Crippen LogP contribution in [0.25, 0.3) is 0 Å². The van der Waals surface area contributed by atoms with Crippen molar-refractivity contribution in [1.29, 1.82) is 0 Å². The number of carbonyl (C=O) groups excluding carboxylic acids is 2. The number of ether oxygens (including phenoxy) is 2. The highest BCUT2D eigenvalue weighted by molar-refractivity contribution is 6.04. The van der Waals surface area contributed by atoms with Crippen LogP contribution >= 0.6 is 0 Å². The van der Waals surface area contributed by atoms with Gasteiger partial charge in [-0.3, -0.25) is 19.2 Å². The minimum atomic E-state index is -5.72. The molecule has 11 heteroatoms. The summed E-state index contributed by atoms with van der Waals surface area (Å²) in [6.07, 6.45) is -7.78. The third kappa shape index (κ3) is 3.46. The Bertz CT molecular complexity index is 472. The van der Waals surface area contributed by atoms with Crippen molar-refractivity contribution in [3.8, 4) is 0 Å². The number of carboxylic acid groups (broad SMARTS) is 2. The van der Waals surface area contributed by atoms with Crippen LogP contribution in [0.1, 0.15) is 12.8 Å². The van der Waals surface area contributed by atoms with Gasteiger partial charge in [-0.2, -0.15) is 13.2 Å². The Labute approximate surface area is 121 Å². The quantitative estimate of drug-likeness (QED) is 0.509. The average Bonchev–Trinajstić information content (AvgIpc) is 2.39. The summed E-state index contributed by atoms with van der Waals surface area (Å²) in [5, 5.41) is 17.5. The lowest BCUT2D eigenvalue weighted by molar-refractivity contribution is -0.252. The Morgan fingerprint density at radius 3 is 1.82 bits per heavy atom. The van der Waals surface area contributed by atoms with Crippen LogP contribution in [0.5, 0.6) is 0 Å². The summed E-state index contributed by atoms with van der Waals surface area (Å²) in [7, 11) is 1.19. The van der Waals surface area contributed by atoms with Gasteiger partial charge in [-0.1, -0.05) is 0 Å². The van der Waals surface area contributed by atoms with Gasteiger partial charge in [0.2, 0.25) is 0 Å². The lowest BCUT2D eigenvalue weighted by atomic mass is 9.72. The van der Waals surface area contributed by atoms with Crippen LogP contribution in [0, 0.1) is 11.3 Å². The van der Waals surface area contributed by atoms with E-state index in [4.69, 9.17) is 10.2 Å². The smallest absolute Gasteiger partial charge is 0.416 e. The van der Waals surface area contributed by atoms with E-state index in [1.807, 2.05) is 0 Å². The number of halogens is 3. The fraction of sp³-hybridized carbons (Fsp3) is 0.636. The standard InChI is InChI=1S/C11H13F3O8/c1-21-7(17)5(3-4-6(15)16)10(8(18)19,9(20)22-2)11(12,13)14/h5H,3-4H2,1-2H3,(H,15,16)(H,18,19). The van der Waals surface area contributed by atoms with Gasteiger partial charge in [0.1, 0.15) is 0 Å². The molecule has 0 bridgehead atoms. The third-order valence-corrected chi connectivity index (χ3v) is 2.95. The number of hydrogen-bond acceptors (Lipinski definition) is 6. The number of esters is 2. The maximum absolute atomic E-state index is 13.3. The summed E-state index contributed by atoms with van der Waals surface area (Å²) in [6.45, 7) is 0. The number of methoxy groups -OCH3 is 2. The first-order chi connectivity index (χ1) is 9.96. The summed E-state index contributed by atoms with van der Waals surface area (Å²) in [5.74, 6) is -10.8. The summed E-state index contributed by atoms with van der Waals surface area (Å²) >= 11 is 0. The third-order valence-electron chi connectivity index (χ3n) is 2.95.